The molecule has 0 N–H and O–H groups in total. The third-order valence-corrected chi connectivity index (χ3v) is 2.77. The first kappa shape index (κ1) is 12.8. The zero-order valence-corrected chi connectivity index (χ0v) is 10.5. The van der Waals surface area contributed by atoms with E-state index in [1.165, 1.54) is 11.1 Å². The highest BCUT2D eigenvalue weighted by Crippen LogP contribution is 2.25. The van der Waals surface area contributed by atoms with Crippen molar-refractivity contribution in [2.75, 3.05) is 0 Å². The highest BCUT2D eigenvalue weighted by Gasteiger charge is 2.09. The van der Waals surface area contributed by atoms with Gasteiger partial charge in [0.2, 0.25) is 0 Å². The lowest BCUT2D eigenvalue weighted by Gasteiger charge is -2.15. The summed E-state index contributed by atoms with van der Waals surface area (Å²) in [6.45, 7) is 9.55. The van der Waals surface area contributed by atoms with Crippen molar-refractivity contribution in [2.24, 2.45) is 0 Å². The van der Waals surface area contributed by atoms with Crippen LogP contribution in [0.4, 0.5) is 0 Å². The van der Waals surface area contributed by atoms with Gasteiger partial charge < -0.3 is 4.74 Å². The van der Waals surface area contributed by atoms with Gasteiger partial charge in [-0.05, 0) is 28.5 Å². The second-order valence-electron chi connectivity index (χ2n) is 4.67. The van der Waals surface area contributed by atoms with Gasteiger partial charge in [-0.1, -0.05) is 45.9 Å². The summed E-state index contributed by atoms with van der Waals surface area (Å²) < 4.78 is 4.83. The Labute approximate surface area is 97.6 Å². The molecule has 0 unspecified atom stereocenters. The normalized spacial score (nSPS) is 10.9. The molecule has 0 aromatic heterocycles. The standard InChI is InChI=1S/C14H20O2/c1-10(2)12-5-6-13(8-16-9-15)14(7-12)11(3)4/h5-7,9-11H,8H2,1-4H3. The Morgan fingerprint density at radius 1 is 1.19 bits per heavy atom. The van der Waals surface area contributed by atoms with Gasteiger partial charge in [-0.3, -0.25) is 4.79 Å². The van der Waals surface area contributed by atoms with E-state index >= 15 is 0 Å². The summed E-state index contributed by atoms with van der Waals surface area (Å²) in [7, 11) is 0. The van der Waals surface area contributed by atoms with Crippen molar-refractivity contribution in [3.05, 3.63) is 34.9 Å². The smallest absolute Gasteiger partial charge is 0.293 e. The zero-order chi connectivity index (χ0) is 12.1. The number of rotatable bonds is 5. The first-order chi connectivity index (χ1) is 7.56. The molecule has 0 amide bonds. The fourth-order valence-corrected chi connectivity index (χ4v) is 1.77. The van der Waals surface area contributed by atoms with Crippen LogP contribution in [0.15, 0.2) is 18.2 Å². The number of hydrogen-bond donors (Lipinski definition) is 0. The van der Waals surface area contributed by atoms with Crippen LogP contribution in [0.5, 0.6) is 0 Å². The molecule has 0 aliphatic carbocycles. The molecule has 2 nitrogen and oxygen atoms in total. The van der Waals surface area contributed by atoms with Crippen molar-refractivity contribution in [3.63, 3.8) is 0 Å². The molecule has 1 aromatic rings. The summed E-state index contributed by atoms with van der Waals surface area (Å²) in [6, 6.07) is 6.40. The summed E-state index contributed by atoms with van der Waals surface area (Å²) in [5.74, 6) is 0.975. The molecule has 0 aliphatic rings. The molecular weight excluding hydrogens is 200 g/mol. The van der Waals surface area contributed by atoms with Gasteiger partial charge in [0, 0.05) is 0 Å². The maximum atomic E-state index is 10.2. The second kappa shape index (κ2) is 5.69. The van der Waals surface area contributed by atoms with Gasteiger partial charge in [-0.15, -0.1) is 0 Å². The maximum Gasteiger partial charge on any atom is 0.293 e. The number of benzene rings is 1. The van der Waals surface area contributed by atoms with Crippen LogP contribution in [0.3, 0.4) is 0 Å². The van der Waals surface area contributed by atoms with Crippen molar-refractivity contribution >= 4 is 6.47 Å². The maximum absolute atomic E-state index is 10.2. The van der Waals surface area contributed by atoms with Crippen LogP contribution < -0.4 is 0 Å². The highest BCUT2D eigenvalue weighted by molar-refractivity contribution is 5.39. The topological polar surface area (TPSA) is 26.3 Å². The predicted molar refractivity (Wildman–Crippen MR) is 65.5 cm³/mol. The Morgan fingerprint density at radius 2 is 1.88 bits per heavy atom. The van der Waals surface area contributed by atoms with Gasteiger partial charge in [0.25, 0.3) is 6.47 Å². The highest BCUT2D eigenvalue weighted by atomic mass is 16.5. The van der Waals surface area contributed by atoms with Crippen LogP contribution in [-0.4, -0.2) is 6.47 Å². The van der Waals surface area contributed by atoms with Crippen molar-refractivity contribution in [1.82, 2.24) is 0 Å². The SMILES string of the molecule is CC(C)c1ccc(COC=O)c(C(C)C)c1. The summed E-state index contributed by atoms with van der Waals surface area (Å²) in [4.78, 5) is 10.2. The Hall–Kier alpha value is -1.31. The van der Waals surface area contributed by atoms with Gasteiger partial charge in [0.15, 0.2) is 0 Å². The average molecular weight is 220 g/mol. The van der Waals surface area contributed by atoms with Gasteiger partial charge in [0.05, 0.1) is 0 Å². The van der Waals surface area contributed by atoms with Gasteiger partial charge >= 0.3 is 0 Å². The van der Waals surface area contributed by atoms with E-state index in [1.807, 2.05) is 0 Å². The Bertz CT molecular complexity index is 354. The second-order valence-corrected chi connectivity index (χ2v) is 4.67. The van der Waals surface area contributed by atoms with Crippen LogP contribution in [0.25, 0.3) is 0 Å². The lowest BCUT2D eigenvalue weighted by molar-refractivity contribution is -0.129. The lowest BCUT2D eigenvalue weighted by atomic mass is 9.92. The number of carbonyl (C=O) groups is 1. The first-order valence-corrected chi connectivity index (χ1v) is 5.74. The average Bonchev–Trinajstić information content (AvgIpc) is 2.25. The van der Waals surface area contributed by atoms with Gasteiger partial charge in [0.1, 0.15) is 6.61 Å². The molecule has 0 fully saturated rings. The molecule has 0 saturated carbocycles. The number of ether oxygens (including phenoxy) is 1. The van der Waals surface area contributed by atoms with Crippen molar-refractivity contribution in [1.29, 1.82) is 0 Å². The largest absolute Gasteiger partial charge is 0.463 e. The van der Waals surface area contributed by atoms with E-state index < -0.39 is 0 Å². The van der Waals surface area contributed by atoms with E-state index in [2.05, 4.69) is 45.9 Å². The zero-order valence-electron chi connectivity index (χ0n) is 10.5. The fraction of sp³-hybridized carbons (Fsp3) is 0.500. The molecule has 0 heterocycles. The van der Waals surface area contributed by atoms with Crippen LogP contribution in [0, 0.1) is 0 Å². The van der Waals surface area contributed by atoms with Crippen LogP contribution in [0.1, 0.15) is 56.2 Å². The summed E-state index contributed by atoms with van der Waals surface area (Å²) >= 11 is 0. The number of carbonyl (C=O) groups excluding carboxylic acids is 1. The molecule has 0 spiro atoms. The van der Waals surface area contributed by atoms with Gasteiger partial charge in [-0.25, -0.2) is 0 Å². The molecular formula is C14H20O2. The van der Waals surface area contributed by atoms with E-state index in [9.17, 15) is 4.79 Å². The molecule has 16 heavy (non-hydrogen) atoms. The van der Waals surface area contributed by atoms with Crippen molar-refractivity contribution < 1.29 is 9.53 Å². The molecule has 88 valence electrons. The lowest BCUT2D eigenvalue weighted by Crippen LogP contribution is -2.01. The number of hydrogen-bond acceptors (Lipinski definition) is 2. The van der Waals surface area contributed by atoms with E-state index in [1.54, 1.807) is 0 Å². The fourth-order valence-electron chi connectivity index (χ4n) is 1.77. The molecule has 2 heteroatoms. The quantitative estimate of drug-likeness (QED) is 0.709. The van der Waals surface area contributed by atoms with Crippen LogP contribution in [-0.2, 0) is 16.1 Å². The van der Waals surface area contributed by atoms with Crippen LogP contribution in [0.2, 0.25) is 0 Å². The first-order valence-electron chi connectivity index (χ1n) is 5.74. The molecule has 0 saturated heterocycles. The minimum atomic E-state index is 0.370. The van der Waals surface area contributed by atoms with Gasteiger partial charge in [-0.2, -0.15) is 0 Å². The van der Waals surface area contributed by atoms with E-state index in [-0.39, 0.29) is 0 Å². The van der Waals surface area contributed by atoms with Crippen molar-refractivity contribution in [3.8, 4) is 0 Å². The Kier molecular flexibility index (Phi) is 4.53. The minimum absolute atomic E-state index is 0.370. The molecule has 1 rings (SSSR count). The third kappa shape index (κ3) is 3.09. The van der Waals surface area contributed by atoms with E-state index in [0.29, 0.717) is 24.9 Å². The molecule has 0 atom stereocenters. The minimum Gasteiger partial charge on any atom is -0.463 e. The molecule has 1 aromatic carbocycles. The Balaban J connectivity index is 3.04. The monoisotopic (exact) mass is 220 g/mol. The Morgan fingerprint density at radius 3 is 2.38 bits per heavy atom. The summed E-state index contributed by atoms with van der Waals surface area (Å²) in [5.41, 5.74) is 3.71. The van der Waals surface area contributed by atoms with Crippen molar-refractivity contribution in [2.45, 2.75) is 46.1 Å². The third-order valence-electron chi connectivity index (χ3n) is 2.77. The molecule has 0 radical (unpaired) electrons. The van der Waals surface area contributed by atoms with E-state index in [4.69, 9.17) is 4.74 Å². The summed E-state index contributed by atoms with van der Waals surface area (Å²) in [6.07, 6.45) is 0. The molecule has 0 aliphatic heterocycles. The summed E-state index contributed by atoms with van der Waals surface area (Å²) in [5, 5.41) is 0. The van der Waals surface area contributed by atoms with E-state index in [0.717, 1.165) is 5.56 Å². The predicted octanol–water partition coefficient (Wildman–Crippen LogP) is 3.61. The molecule has 0 bridgehead atoms. The van der Waals surface area contributed by atoms with Crippen LogP contribution >= 0.6 is 0 Å².